The normalized spacial score (nSPS) is 42.0. The van der Waals surface area contributed by atoms with Crippen molar-refractivity contribution in [2.24, 2.45) is 11.3 Å². The minimum absolute atomic E-state index is 0.0981. The second-order valence-corrected chi connectivity index (χ2v) is 8.09. The van der Waals surface area contributed by atoms with Crippen molar-refractivity contribution in [1.29, 1.82) is 0 Å². The number of hydrogen-bond donors (Lipinski definition) is 3. The van der Waals surface area contributed by atoms with Crippen molar-refractivity contribution in [3.8, 4) is 0 Å². The largest absolute Gasteiger partial charge is 0.460 e. The SMILES string of the molecule is O=C(OCC12CC3CC(O)(CC(O)(C3)C1)C2)C(F)(F)SOOO. The highest BCUT2D eigenvalue weighted by Gasteiger charge is 2.63. The summed E-state index contributed by atoms with van der Waals surface area (Å²) in [6.45, 7) is -0.302. The summed E-state index contributed by atoms with van der Waals surface area (Å²) in [5.41, 5.74) is -2.73. The Kier molecular flexibility index (Phi) is 4.14. The summed E-state index contributed by atoms with van der Waals surface area (Å²) in [6.07, 6.45) is 2.71. The zero-order valence-electron chi connectivity index (χ0n) is 12.2. The van der Waals surface area contributed by atoms with Gasteiger partial charge in [0.1, 0.15) is 12.0 Å². The zero-order valence-corrected chi connectivity index (χ0v) is 13.0. The van der Waals surface area contributed by atoms with Gasteiger partial charge in [-0.15, -0.1) is 4.33 Å². The molecule has 132 valence electrons. The molecule has 0 saturated heterocycles. The van der Waals surface area contributed by atoms with Gasteiger partial charge in [-0.3, -0.25) is 0 Å². The van der Waals surface area contributed by atoms with Crippen molar-refractivity contribution >= 4 is 18.0 Å². The molecular formula is C13H18F2O7S. The van der Waals surface area contributed by atoms with Crippen LogP contribution in [0.15, 0.2) is 0 Å². The van der Waals surface area contributed by atoms with Crippen LogP contribution < -0.4 is 0 Å². The van der Waals surface area contributed by atoms with Gasteiger partial charge in [0.05, 0.1) is 17.8 Å². The Labute approximate surface area is 135 Å². The minimum Gasteiger partial charge on any atom is -0.460 e. The first-order valence-corrected chi connectivity index (χ1v) is 7.99. The lowest BCUT2D eigenvalue weighted by Gasteiger charge is -2.62. The molecule has 4 rings (SSSR count). The summed E-state index contributed by atoms with van der Waals surface area (Å²) in [7, 11) is 0. The molecule has 0 aromatic rings. The van der Waals surface area contributed by atoms with Crippen molar-refractivity contribution in [3.05, 3.63) is 0 Å². The Morgan fingerprint density at radius 3 is 2.30 bits per heavy atom. The summed E-state index contributed by atoms with van der Waals surface area (Å²) in [5, 5.41) is 28.0. The van der Waals surface area contributed by atoms with Crippen LogP contribution in [0.3, 0.4) is 0 Å². The molecule has 23 heavy (non-hydrogen) atoms. The average molecular weight is 356 g/mol. The van der Waals surface area contributed by atoms with E-state index in [0.29, 0.717) is 32.1 Å². The molecule has 2 atom stereocenters. The van der Waals surface area contributed by atoms with Crippen molar-refractivity contribution in [2.45, 2.75) is 55.0 Å². The Morgan fingerprint density at radius 2 is 1.78 bits per heavy atom. The second-order valence-electron chi connectivity index (χ2n) is 7.28. The Morgan fingerprint density at radius 1 is 1.17 bits per heavy atom. The highest BCUT2D eigenvalue weighted by molar-refractivity contribution is 7.96. The highest BCUT2D eigenvalue weighted by Crippen LogP contribution is 2.63. The number of alkyl halides is 2. The molecule has 0 aromatic carbocycles. The van der Waals surface area contributed by atoms with E-state index >= 15 is 0 Å². The first-order chi connectivity index (χ1) is 10.6. The van der Waals surface area contributed by atoms with E-state index in [2.05, 4.69) is 9.37 Å². The van der Waals surface area contributed by atoms with E-state index in [1.54, 1.807) is 0 Å². The highest BCUT2D eigenvalue weighted by atomic mass is 32.2. The fraction of sp³-hybridized carbons (Fsp3) is 0.923. The molecule has 7 nitrogen and oxygen atoms in total. The molecule has 4 aliphatic rings. The van der Waals surface area contributed by atoms with Crippen molar-refractivity contribution < 1.29 is 43.2 Å². The van der Waals surface area contributed by atoms with Gasteiger partial charge in [0.2, 0.25) is 0 Å². The van der Waals surface area contributed by atoms with Crippen LogP contribution in [-0.4, -0.2) is 44.5 Å². The molecule has 0 spiro atoms. The third-order valence-corrected chi connectivity index (χ3v) is 5.55. The third kappa shape index (κ3) is 3.33. The number of halogens is 2. The summed E-state index contributed by atoms with van der Waals surface area (Å²) in [6, 6.07) is 0. The van der Waals surface area contributed by atoms with Gasteiger partial charge in [0, 0.05) is 11.8 Å². The molecule has 3 N–H and O–H groups in total. The predicted molar refractivity (Wildman–Crippen MR) is 71.8 cm³/mol. The molecular weight excluding hydrogens is 338 g/mol. The molecule has 0 heterocycles. The van der Waals surface area contributed by atoms with E-state index in [0.717, 1.165) is 0 Å². The third-order valence-electron chi connectivity index (χ3n) is 5.04. The molecule has 4 aliphatic carbocycles. The van der Waals surface area contributed by atoms with Gasteiger partial charge in [-0.05, 0) is 38.0 Å². The number of rotatable bonds is 6. The maximum Gasteiger partial charge on any atom is 0.415 e. The lowest BCUT2D eigenvalue weighted by atomic mass is 9.46. The Balaban J connectivity index is 1.65. The van der Waals surface area contributed by atoms with E-state index in [4.69, 9.17) is 9.99 Å². The van der Waals surface area contributed by atoms with Crippen molar-refractivity contribution in [2.75, 3.05) is 6.61 Å². The van der Waals surface area contributed by atoms with E-state index in [1.807, 2.05) is 0 Å². The number of carbonyl (C=O) groups excluding carboxylic acids is 1. The van der Waals surface area contributed by atoms with Gasteiger partial charge < -0.3 is 14.9 Å². The lowest BCUT2D eigenvalue weighted by Crippen LogP contribution is -2.64. The molecule has 0 radical (unpaired) electrons. The topological polar surface area (TPSA) is 105 Å². The fourth-order valence-corrected chi connectivity index (χ4v) is 5.33. The summed E-state index contributed by atoms with van der Waals surface area (Å²) < 4.78 is 35.1. The van der Waals surface area contributed by atoms with Crippen molar-refractivity contribution in [1.82, 2.24) is 0 Å². The molecule has 2 unspecified atom stereocenters. The van der Waals surface area contributed by atoms with Gasteiger partial charge in [-0.1, -0.05) is 5.04 Å². The van der Waals surface area contributed by atoms with Gasteiger partial charge in [-0.25, -0.2) is 10.1 Å². The summed E-state index contributed by atoms with van der Waals surface area (Å²) in [4.78, 5) is 11.5. The quantitative estimate of drug-likeness (QED) is 0.285. The molecule has 0 aromatic heterocycles. The lowest BCUT2D eigenvalue weighted by molar-refractivity contribution is -0.433. The predicted octanol–water partition coefficient (Wildman–Crippen LogP) is 1.64. The van der Waals surface area contributed by atoms with Crippen LogP contribution in [0, 0.1) is 11.3 Å². The van der Waals surface area contributed by atoms with Crippen LogP contribution in [0.5, 0.6) is 0 Å². The first kappa shape index (κ1) is 17.3. The van der Waals surface area contributed by atoms with Crippen molar-refractivity contribution in [3.63, 3.8) is 0 Å². The summed E-state index contributed by atoms with van der Waals surface area (Å²) in [5.74, 6) is -1.73. The molecule has 10 heteroatoms. The Hall–Kier alpha value is -0.520. The number of hydrogen-bond acceptors (Lipinski definition) is 8. The van der Waals surface area contributed by atoms with Crippen LogP contribution in [0.2, 0.25) is 0 Å². The van der Waals surface area contributed by atoms with Gasteiger partial charge in [0.15, 0.2) is 0 Å². The molecule has 0 amide bonds. The summed E-state index contributed by atoms with van der Waals surface area (Å²) >= 11 is -0.677. The second kappa shape index (κ2) is 5.50. The number of aliphatic hydroxyl groups is 2. The monoisotopic (exact) mass is 356 g/mol. The maximum absolute atomic E-state index is 13.4. The molecule has 4 fully saturated rings. The van der Waals surface area contributed by atoms with E-state index in [9.17, 15) is 23.8 Å². The Bertz CT molecular complexity index is 485. The fourth-order valence-electron chi connectivity index (χ4n) is 5.09. The smallest absolute Gasteiger partial charge is 0.415 e. The van der Waals surface area contributed by atoms with Crippen LogP contribution in [0.4, 0.5) is 8.78 Å². The van der Waals surface area contributed by atoms with Gasteiger partial charge in [0.25, 0.3) is 0 Å². The number of esters is 1. The van der Waals surface area contributed by atoms with E-state index in [1.165, 1.54) is 0 Å². The van der Waals surface area contributed by atoms with Crippen LogP contribution in [0.1, 0.15) is 38.5 Å². The van der Waals surface area contributed by atoms with Crippen LogP contribution in [-0.2, 0) is 18.9 Å². The molecule has 4 saturated carbocycles. The van der Waals surface area contributed by atoms with Crippen LogP contribution >= 0.6 is 12.0 Å². The van der Waals surface area contributed by atoms with E-state index in [-0.39, 0.29) is 18.9 Å². The number of carbonyl (C=O) groups is 1. The minimum atomic E-state index is -4.04. The first-order valence-electron chi connectivity index (χ1n) is 7.25. The average Bonchev–Trinajstić information content (AvgIpc) is 2.38. The maximum atomic E-state index is 13.4. The molecule has 0 aliphatic heterocycles. The van der Waals surface area contributed by atoms with E-state index < -0.39 is 39.9 Å². The van der Waals surface area contributed by atoms with Crippen LogP contribution in [0.25, 0.3) is 0 Å². The standard InChI is InChI=1S/C13H18F2O7S/c14-13(15,23-22-21-19)9(16)20-7-10-1-8-2-11(17,4-10)6-12(18,3-8)5-10/h8,17-19H,1-7H2. The number of ether oxygens (including phenoxy) is 1. The molecule has 4 bridgehead atoms. The van der Waals surface area contributed by atoms with Gasteiger partial charge >= 0.3 is 11.2 Å². The zero-order chi connectivity index (χ0) is 16.9. The van der Waals surface area contributed by atoms with Gasteiger partial charge in [-0.2, -0.15) is 8.78 Å².